The van der Waals surface area contributed by atoms with Crippen LogP contribution < -0.4 is 5.90 Å². The lowest BCUT2D eigenvalue weighted by molar-refractivity contribution is -0.0493. The zero-order valence-electron chi connectivity index (χ0n) is 8.82. The highest BCUT2D eigenvalue weighted by Crippen LogP contribution is 2.57. The SMILES string of the molecule is NOCCC1C2CC3CC(C2)CC1C3. The van der Waals surface area contributed by atoms with Crippen LogP contribution in [0.3, 0.4) is 0 Å². The zero-order chi connectivity index (χ0) is 9.54. The second kappa shape index (κ2) is 3.49. The first-order valence-corrected chi connectivity index (χ1v) is 6.18. The van der Waals surface area contributed by atoms with Gasteiger partial charge in [0.2, 0.25) is 0 Å². The molecule has 14 heavy (non-hydrogen) atoms. The lowest BCUT2D eigenvalue weighted by Gasteiger charge is -2.54. The number of hydrogen-bond acceptors (Lipinski definition) is 2. The van der Waals surface area contributed by atoms with E-state index in [1.165, 1.54) is 32.1 Å². The second-order valence-electron chi connectivity index (χ2n) is 5.75. The first kappa shape index (κ1) is 9.17. The van der Waals surface area contributed by atoms with Gasteiger partial charge in [-0.05, 0) is 68.1 Å². The molecule has 0 aliphatic heterocycles. The van der Waals surface area contributed by atoms with Gasteiger partial charge in [0.15, 0.2) is 0 Å². The maximum atomic E-state index is 5.13. The van der Waals surface area contributed by atoms with Crippen LogP contribution in [0.25, 0.3) is 0 Å². The lowest BCUT2D eigenvalue weighted by atomic mass is 9.51. The summed E-state index contributed by atoms with van der Waals surface area (Å²) in [7, 11) is 0. The normalized spacial score (nSPS) is 49.9. The highest BCUT2D eigenvalue weighted by Gasteiger charge is 2.47. The highest BCUT2D eigenvalue weighted by molar-refractivity contribution is 4.97. The molecule has 4 aliphatic carbocycles. The van der Waals surface area contributed by atoms with Gasteiger partial charge in [-0.1, -0.05) is 0 Å². The van der Waals surface area contributed by atoms with Gasteiger partial charge >= 0.3 is 0 Å². The first-order valence-electron chi connectivity index (χ1n) is 6.18. The van der Waals surface area contributed by atoms with Crippen molar-refractivity contribution in [2.45, 2.75) is 38.5 Å². The minimum absolute atomic E-state index is 0.771. The molecule has 4 saturated carbocycles. The summed E-state index contributed by atoms with van der Waals surface area (Å²) in [6, 6.07) is 0. The van der Waals surface area contributed by atoms with Crippen LogP contribution in [0.4, 0.5) is 0 Å². The van der Waals surface area contributed by atoms with Gasteiger partial charge in [-0.3, -0.25) is 0 Å². The standard InChI is InChI=1S/C12H21NO/c13-14-2-1-12-10-4-8-3-9(6-10)7-11(12)5-8/h8-12H,1-7,13H2. The minimum atomic E-state index is 0.771. The van der Waals surface area contributed by atoms with E-state index in [4.69, 9.17) is 10.7 Å². The van der Waals surface area contributed by atoms with Gasteiger partial charge in [0.1, 0.15) is 0 Å². The van der Waals surface area contributed by atoms with Crippen LogP contribution in [-0.2, 0) is 4.84 Å². The molecule has 0 aromatic heterocycles. The quantitative estimate of drug-likeness (QED) is 0.701. The van der Waals surface area contributed by atoms with Gasteiger partial charge in [0.05, 0.1) is 6.61 Å². The molecule has 0 saturated heterocycles. The fourth-order valence-electron chi connectivity index (χ4n) is 4.71. The summed E-state index contributed by atoms with van der Waals surface area (Å²) in [6.07, 6.45) is 8.83. The number of nitrogens with two attached hydrogens (primary N) is 1. The predicted molar refractivity (Wildman–Crippen MR) is 55.3 cm³/mol. The third-order valence-electron chi connectivity index (χ3n) is 4.99. The molecule has 4 aliphatic rings. The maximum Gasteiger partial charge on any atom is 0.0682 e. The molecular formula is C12H21NO. The minimum Gasteiger partial charge on any atom is -0.305 e. The molecule has 4 rings (SSSR count). The molecule has 2 nitrogen and oxygen atoms in total. The molecule has 0 amide bonds. The Labute approximate surface area is 86.1 Å². The summed E-state index contributed by atoms with van der Waals surface area (Å²) in [6.45, 7) is 0.771. The summed E-state index contributed by atoms with van der Waals surface area (Å²) in [5.74, 6) is 10.3. The monoisotopic (exact) mass is 195 g/mol. The molecule has 0 atom stereocenters. The molecule has 4 bridgehead atoms. The van der Waals surface area contributed by atoms with Crippen LogP contribution in [0, 0.1) is 29.6 Å². The Bertz CT molecular complexity index is 188. The van der Waals surface area contributed by atoms with E-state index in [0.717, 1.165) is 36.2 Å². The van der Waals surface area contributed by atoms with E-state index in [2.05, 4.69) is 0 Å². The lowest BCUT2D eigenvalue weighted by Crippen LogP contribution is -2.45. The molecule has 0 aromatic carbocycles. The Morgan fingerprint density at radius 3 is 2.00 bits per heavy atom. The molecule has 80 valence electrons. The van der Waals surface area contributed by atoms with E-state index in [1.807, 2.05) is 0 Å². The van der Waals surface area contributed by atoms with Crippen molar-refractivity contribution in [2.75, 3.05) is 6.61 Å². The topological polar surface area (TPSA) is 35.2 Å². The molecule has 4 fully saturated rings. The van der Waals surface area contributed by atoms with Gasteiger partial charge in [0, 0.05) is 0 Å². The van der Waals surface area contributed by atoms with Gasteiger partial charge in [0.25, 0.3) is 0 Å². The average Bonchev–Trinajstić information content (AvgIpc) is 2.15. The summed E-state index contributed by atoms with van der Waals surface area (Å²) in [5, 5.41) is 0. The molecule has 0 radical (unpaired) electrons. The summed E-state index contributed by atoms with van der Waals surface area (Å²) < 4.78 is 0. The van der Waals surface area contributed by atoms with Crippen molar-refractivity contribution < 1.29 is 4.84 Å². The number of rotatable bonds is 3. The average molecular weight is 195 g/mol. The third kappa shape index (κ3) is 1.40. The van der Waals surface area contributed by atoms with Crippen molar-refractivity contribution >= 4 is 0 Å². The van der Waals surface area contributed by atoms with Gasteiger partial charge in [-0.15, -0.1) is 0 Å². The summed E-state index contributed by atoms with van der Waals surface area (Å²) in [5.41, 5.74) is 0. The Balaban J connectivity index is 1.69. The number of hydrogen-bond donors (Lipinski definition) is 1. The van der Waals surface area contributed by atoms with E-state index >= 15 is 0 Å². The van der Waals surface area contributed by atoms with E-state index in [0.29, 0.717) is 0 Å². The molecule has 0 spiro atoms. The molecule has 0 heterocycles. The summed E-state index contributed by atoms with van der Waals surface area (Å²) in [4.78, 5) is 4.75. The van der Waals surface area contributed by atoms with Gasteiger partial charge in [-0.25, -0.2) is 5.90 Å². The van der Waals surface area contributed by atoms with Crippen LogP contribution in [0.5, 0.6) is 0 Å². The van der Waals surface area contributed by atoms with Crippen molar-refractivity contribution in [3.05, 3.63) is 0 Å². The molecule has 0 unspecified atom stereocenters. The van der Waals surface area contributed by atoms with E-state index in [1.54, 1.807) is 6.42 Å². The van der Waals surface area contributed by atoms with Crippen molar-refractivity contribution in [3.8, 4) is 0 Å². The largest absolute Gasteiger partial charge is 0.305 e. The predicted octanol–water partition coefficient (Wildman–Crippen LogP) is 2.34. The molecule has 2 heteroatoms. The maximum absolute atomic E-state index is 5.13. The smallest absolute Gasteiger partial charge is 0.0682 e. The Hall–Kier alpha value is -0.0800. The summed E-state index contributed by atoms with van der Waals surface area (Å²) >= 11 is 0. The van der Waals surface area contributed by atoms with Crippen LogP contribution >= 0.6 is 0 Å². The van der Waals surface area contributed by atoms with E-state index in [-0.39, 0.29) is 0 Å². The van der Waals surface area contributed by atoms with E-state index < -0.39 is 0 Å². The molecule has 0 aromatic rings. The van der Waals surface area contributed by atoms with Crippen LogP contribution in [0.2, 0.25) is 0 Å². The van der Waals surface area contributed by atoms with Crippen molar-refractivity contribution in [3.63, 3.8) is 0 Å². The fraction of sp³-hybridized carbons (Fsp3) is 1.00. The van der Waals surface area contributed by atoms with Crippen LogP contribution in [0.15, 0.2) is 0 Å². The molecule has 2 N–H and O–H groups in total. The van der Waals surface area contributed by atoms with Crippen molar-refractivity contribution in [1.29, 1.82) is 0 Å². The fourth-order valence-corrected chi connectivity index (χ4v) is 4.71. The Morgan fingerprint density at radius 1 is 0.929 bits per heavy atom. The second-order valence-corrected chi connectivity index (χ2v) is 5.75. The van der Waals surface area contributed by atoms with Crippen LogP contribution in [-0.4, -0.2) is 6.61 Å². The van der Waals surface area contributed by atoms with Gasteiger partial charge in [-0.2, -0.15) is 0 Å². The highest BCUT2D eigenvalue weighted by atomic mass is 16.6. The Kier molecular flexibility index (Phi) is 2.29. The van der Waals surface area contributed by atoms with Crippen LogP contribution in [0.1, 0.15) is 38.5 Å². The van der Waals surface area contributed by atoms with Crippen molar-refractivity contribution in [1.82, 2.24) is 0 Å². The van der Waals surface area contributed by atoms with Crippen molar-refractivity contribution in [2.24, 2.45) is 35.5 Å². The zero-order valence-corrected chi connectivity index (χ0v) is 8.82. The van der Waals surface area contributed by atoms with E-state index in [9.17, 15) is 0 Å². The third-order valence-corrected chi connectivity index (χ3v) is 4.99. The van der Waals surface area contributed by atoms with Gasteiger partial charge < -0.3 is 4.84 Å². The first-order chi connectivity index (χ1) is 6.86. The molecular weight excluding hydrogens is 174 g/mol. The Morgan fingerprint density at radius 2 is 1.50 bits per heavy atom.